The van der Waals surface area contributed by atoms with Gasteiger partial charge in [-0.3, -0.25) is 4.79 Å². The zero-order valence-corrected chi connectivity index (χ0v) is 8.60. The van der Waals surface area contributed by atoms with E-state index in [0.717, 1.165) is 24.8 Å². The van der Waals surface area contributed by atoms with Gasteiger partial charge in [-0.05, 0) is 36.5 Å². The maximum atomic E-state index is 11.2. The molecule has 2 nitrogen and oxygen atoms in total. The Morgan fingerprint density at radius 1 is 1.31 bits per heavy atom. The van der Waals surface area contributed by atoms with E-state index in [9.17, 15) is 4.79 Å². The van der Waals surface area contributed by atoms with Gasteiger partial charge in [-0.15, -0.1) is 0 Å². The predicted molar refractivity (Wildman–Crippen MR) is 52.2 cm³/mol. The lowest BCUT2D eigenvalue weighted by atomic mass is 9.66. The zero-order chi connectivity index (χ0) is 9.47. The molecule has 2 aliphatic rings. The first-order valence-electron chi connectivity index (χ1n) is 5.36. The van der Waals surface area contributed by atoms with Gasteiger partial charge in [0.05, 0.1) is 0 Å². The summed E-state index contributed by atoms with van der Waals surface area (Å²) in [5.41, 5.74) is 0.328. The molecule has 1 N–H and O–H groups in total. The quantitative estimate of drug-likeness (QED) is 0.608. The van der Waals surface area contributed by atoms with E-state index in [0.29, 0.717) is 5.41 Å². The van der Waals surface area contributed by atoms with E-state index in [1.807, 2.05) is 0 Å². The molecular weight excluding hydrogens is 162 g/mol. The Morgan fingerprint density at radius 3 is 2.38 bits per heavy atom. The van der Waals surface area contributed by atoms with Crippen LogP contribution in [0, 0.1) is 17.3 Å². The molecule has 0 aromatic rings. The number of nitrogens with one attached hydrogen (secondary N) is 1. The van der Waals surface area contributed by atoms with Gasteiger partial charge < -0.3 is 5.32 Å². The molecule has 74 valence electrons. The van der Waals surface area contributed by atoms with Crippen molar-refractivity contribution >= 4 is 5.91 Å². The Labute approximate surface area is 80.1 Å². The van der Waals surface area contributed by atoms with Crippen molar-refractivity contribution in [2.75, 3.05) is 6.54 Å². The zero-order valence-electron chi connectivity index (χ0n) is 8.60. The van der Waals surface area contributed by atoms with Crippen LogP contribution in [0.25, 0.3) is 0 Å². The first-order chi connectivity index (χ1) is 6.10. The fourth-order valence-electron chi connectivity index (χ4n) is 3.46. The Kier molecular flexibility index (Phi) is 2.09. The molecule has 0 radical (unpaired) electrons. The summed E-state index contributed by atoms with van der Waals surface area (Å²) in [6.07, 6.45) is 4.61. The number of amides is 1. The highest BCUT2D eigenvalue weighted by Gasteiger charge is 2.43. The molecule has 1 amide bonds. The molecule has 0 aromatic carbocycles. The lowest BCUT2D eigenvalue weighted by molar-refractivity contribution is -0.119. The van der Waals surface area contributed by atoms with Crippen molar-refractivity contribution in [1.29, 1.82) is 0 Å². The molecule has 1 saturated carbocycles. The molecule has 1 aliphatic heterocycles. The summed E-state index contributed by atoms with van der Waals surface area (Å²) < 4.78 is 0. The first-order valence-corrected chi connectivity index (χ1v) is 5.36. The van der Waals surface area contributed by atoms with Gasteiger partial charge >= 0.3 is 0 Å². The average Bonchev–Trinajstić information content (AvgIpc) is 2.28. The minimum atomic E-state index is 0.265. The van der Waals surface area contributed by atoms with Crippen LogP contribution in [-0.2, 0) is 4.79 Å². The molecule has 1 aliphatic carbocycles. The average molecular weight is 181 g/mol. The molecule has 2 rings (SSSR count). The summed E-state index contributed by atoms with van der Waals surface area (Å²) in [6.45, 7) is 5.57. The molecule has 1 saturated heterocycles. The van der Waals surface area contributed by atoms with Gasteiger partial charge in [-0.1, -0.05) is 13.8 Å². The lowest BCUT2D eigenvalue weighted by Gasteiger charge is -2.38. The minimum absolute atomic E-state index is 0.265. The number of carbonyl (C=O) groups is 1. The molecule has 13 heavy (non-hydrogen) atoms. The summed E-state index contributed by atoms with van der Waals surface area (Å²) in [5, 5.41) is 2.98. The third-order valence-corrected chi connectivity index (χ3v) is 3.56. The van der Waals surface area contributed by atoms with Crippen molar-refractivity contribution in [3.8, 4) is 0 Å². The fourth-order valence-corrected chi connectivity index (χ4v) is 3.46. The molecule has 0 aromatic heterocycles. The van der Waals surface area contributed by atoms with Crippen LogP contribution in [-0.4, -0.2) is 12.5 Å². The van der Waals surface area contributed by atoms with Gasteiger partial charge in [0.2, 0.25) is 5.91 Å². The van der Waals surface area contributed by atoms with Crippen molar-refractivity contribution in [3.63, 3.8) is 0 Å². The number of hydrogen-bond donors (Lipinski definition) is 1. The van der Waals surface area contributed by atoms with Crippen LogP contribution in [0.5, 0.6) is 0 Å². The van der Waals surface area contributed by atoms with E-state index in [4.69, 9.17) is 0 Å². The third kappa shape index (κ3) is 1.72. The molecule has 1 heterocycles. The monoisotopic (exact) mass is 181 g/mol. The molecule has 2 fully saturated rings. The maximum absolute atomic E-state index is 11.2. The summed E-state index contributed by atoms with van der Waals surface area (Å²) in [7, 11) is 0. The van der Waals surface area contributed by atoms with E-state index in [2.05, 4.69) is 19.2 Å². The van der Waals surface area contributed by atoms with Crippen molar-refractivity contribution in [2.24, 2.45) is 17.3 Å². The Hall–Kier alpha value is -0.530. The van der Waals surface area contributed by atoms with Gasteiger partial charge in [0.1, 0.15) is 0 Å². The van der Waals surface area contributed by atoms with Crippen molar-refractivity contribution in [2.45, 2.75) is 39.5 Å². The second-order valence-corrected chi connectivity index (χ2v) is 5.31. The number of hydrogen-bond acceptors (Lipinski definition) is 1. The van der Waals surface area contributed by atoms with Crippen LogP contribution in [0.2, 0.25) is 0 Å². The second kappa shape index (κ2) is 3.00. The molecular formula is C11H19NO. The van der Waals surface area contributed by atoms with Crippen LogP contribution >= 0.6 is 0 Å². The van der Waals surface area contributed by atoms with Gasteiger partial charge in [0.15, 0.2) is 0 Å². The molecule has 1 unspecified atom stereocenters. The topological polar surface area (TPSA) is 29.1 Å². The highest BCUT2D eigenvalue weighted by Crippen LogP contribution is 2.45. The van der Waals surface area contributed by atoms with Gasteiger partial charge in [0.25, 0.3) is 0 Å². The summed E-state index contributed by atoms with van der Waals surface area (Å²) >= 11 is 0. The summed E-state index contributed by atoms with van der Waals surface area (Å²) in [4.78, 5) is 11.2. The van der Waals surface area contributed by atoms with Gasteiger partial charge in [-0.25, -0.2) is 0 Å². The van der Waals surface area contributed by atoms with E-state index >= 15 is 0 Å². The van der Waals surface area contributed by atoms with Crippen LogP contribution in [0.4, 0.5) is 0 Å². The Morgan fingerprint density at radius 2 is 1.92 bits per heavy atom. The third-order valence-electron chi connectivity index (χ3n) is 3.56. The Bertz CT molecular complexity index is 214. The molecule has 2 heteroatoms. The van der Waals surface area contributed by atoms with Crippen molar-refractivity contribution < 1.29 is 4.79 Å². The standard InChI is InChI=1S/C11H19NO/c1-8-3-9(2)5-11(4-8)6-10(13)12-7-11/h8-9H,3-7H2,1-2H3,(H,12,13)/t8-,9+,11?. The minimum Gasteiger partial charge on any atom is -0.356 e. The molecule has 1 spiro atoms. The Balaban J connectivity index is 2.09. The number of rotatable bonds is 0. The maximum Gasteiger partial charge on any atom is 0.220 e. The first kappa shape index (κ1) is 9.04. The highest BCUT2D eigenvalue weighted by molar-refractivity contribution is 5.79. The highest BCUT2D eigenvalue weighted by atomic mass is 16.1. The van der Waals surface area contributed by atoms with Crippen LogP contribution in [0.15, 0.2) is 0 Å². The normalized spacial score (nSPS) is 45.2. The van der Waals surface area contributed by atoms with Crippen molar-refractivity contribution in [1.82, 2.24) is 5.32 Å². The van der Waals surface area contributed by atoms with E-state index in [1.165, 1.54) is 19.3 Å². The number of carbonyl (C=O) groups excluding carboxylic acids is 1. The smallest absolute Gasteiger partial charge is 0.220 e. The summed E-state index contributed by atoms with van der Waals surface area (Å²) in [5.74, 6) is 1.87. The van der Waals surface area contributed by atoms with Crippen LogP contribution < -0.4 is 5.32 Å². The SMILES string of the molecule is C[C@@H]1C[C@H](C)CC2(CNC(=O)C2)C1. The van der Waals surface area contributed by atoms with Gasteiger partial charge in [0, 0.05) is 13.0 Å². The molecule has 0 bridgehead atoms. The van der Waals surface area contributed by atoms with E-state index in [1.54, 1.807) is 0 Å². The largest absolute Gasteiger partial charge is 0.356 e. The fraction of sp³-hybridized carbons (Fsp3) is 0.909. The summed E-state index contributed by atoms with van der Waals surface area (Å²) in [6, 6.07) is 0. The van der Waals surface area contributed by atoms with E-state index in [-0.39, 0.29) is 5.91 Å². The lowest BCUT2D eigenvalue weighted by Crippen LogP contribution is -2.33. The predicted octanol–water partition coefficient (Wildman–Crippen LogP) is 1.95. The molecule has 3 atom stereocenters. The van der Waals surface area contributed by atoms with E-state index < -0.39 is 0 Å². The van der Waals surface area contributed by atoms with Gasteiger partial charge in [-0.2, -0.15) is 0 Å². The van der Waals surface area contributed by atoms with Crippen molar-refractivity contribution in [3.05, 3.63) is 0 Å². The van der Waals surface area contributed by atoms with Crippen LogP contribution in [0.1, 0.15) is 39.5 Å². The second-order valence-electron chi connectivity index (χ2n) is 5.31. The van der Waals surface area contributed by atoms with Crippen LogP contribution in [0.3, 0.4) is 0 Å².